The maximum atomic E-state index is 12.1. The van der Waals surface area contributed by atoms with Crippen LogP contribution in [0, 0.1) is 0 Å². The first kappa shape index (κ1) is 46.1. The number of aromatic hydroxyl groups is 2. The molecule has 0 aromatic heterocycles. The highest BCUT2D eigenvalue weighted by atomic mass is 32.2. The molecule has 2 bridgehead atoms. The molecule has 2 aliphatic heterocycles. The smallest absolute Gasteiger partial charge is 0.123 e. The molecule has 0 aliphatic carbocycles. The number of phenolic OH excluding ortho intramolecular Hbond substituents is 2. The zero-order valence-electron chi connectivity index (χ0n) is 38.1. The van der Waals surface area contributed by atoms with E-state index in [9.17, 15) is 10.2 Å². The van der Waals surface area contributed by atoms with E-state index in [1.807, 2.05) is 0 Å². The molecule has 0 spiro atoms. The van der Waals surface area contributed by atoms with Crippen molar-refractivity contribution in [1.29, 1.82) is 0 Å². The van der Waals surface area contributed by atoms with Crippen molar-refractivity contribution >= 4 is 11.8 Å². The Balaban J connectivity index is 1.70. The normalized spacial score (nSPS) is 20.9. The third-order valence-electron chi connectivity index (χ3n) is 14.4. The van der Waals surface area contributed by atoms with Crippen LogP contribution in [0.15, 0.2) is 24.3 Å². The maximum absolute atomic E-state index is 12.1. The summed E-state index contributed by atoms with van der Waals surface area (Å²) in [6.07, 6.45) is 24.1. The molecular weight excluding hydrogens is 689 g/mol. The predicted molar refractivity (Wildman–Crippen MR) is 244 cm³/mol. The summed E-state index contributed by atoms with van der Waals surface area (Å²) in [5, 5.41) is 25.4. The Kier molecular flexibility index (Phi) is 16.7. The van der Waals surface area contributed by atoms with Crippen LogP contribution >= 0.6 is 11.8 Å². The van der Waals surface area contributed by atoms with E-state index in [0.717, 1.165) is 25.7 Å². The summed E-state index contributed by atoms with van der Waals surface area (Å²) in [5.41, 5.74) is 7.48. The summed E-state index contributed by atoms with van der Waals surface area (Å²) in [6.45, 7) is 28.2. The largest absolute Gasteiger partial charge is 0.507 e. The van der Waals surface area contributed by atoms with Crippen LogP contribution in [0.25, 0.3) is 0 Å². The highest BCUT2D eigenvalue weighted by Crippen LogP contribution is 2.56. The molecule has 4 rings (SSSR count). The minimum absolute atomic E-state index is 0.0611. The van der Waals surface area contributed by atoms with Crippen molar-refractivity contribution in [3.63, 3.8) is 0 Å². The SMILES string of the molecule is CCCCCC(C)(C)c1cc(C2CCC3SC2CCC3c2cc(C(C)(C)CCCCC)c(O)c(C(C)(C)CCCCC)c2)cc(C(C)(C)CCCCC)c1O. The van der Waals surface area contributed by atoms with Gasteiger partial charge in [0.2, 0.25) is 0 Å². The van der Waals surface area contributed by atoms with Gasteiger partial charge < -0.3 is 10.2 Å². The summed E-state index contributed by atoms with van der Waals surface area (Å²) in [7, 11) is 0. The second-order valence-electron chi connectivity index (χ2n) is 20.9. The lowest BCUT2D eigenvalue weighted by atomic mass is 9.70. The van der Waals surface area contributed by atoms with Crippen LogP contribution in [0.5, 0.6) is 11.5 Å². The van der Waals surface area contributed by atoms with E-state index in [1.54, 1.807) is 0 Å². The number of thioether (sulfide) groups is 1. The minimum atomic E-state index is -0.0611. The minimum Gasteiger partial charge on any atom is -0.507 e. The molecule has 0 radical (unpaired) electrons. The predicted octanol–water partition coefficient (Wildman–Crippen LogP) is 16.5. The first-order valence-corrected chi connectivity index (χ1v) is 24.3. The lowest BCUT2D eigenvalue weighted by molar-refractivity contribution is 0.373. The third-order valence-corrected chi connectivity index (χ3v) is 16.3. The average molecular weight is 775 g/mol. The number of unbranched alkanes of at least 4 members (excludes halogenated alkanes) is 8. The molecule has 0 saturated carbocycles. The van der Waals surface area contributed by atoms with Crippen molar-refractivity contribution in [2.45, 2.75) is 255 Å². The average Bonchev–Trinajstić information content (AvgIpc) is 3.12. The Morgan fingerprint density at radius 2 is 0.691 bits per heavy atom. The van der Waals surface area contributed by atoms with Crippen LogP contribution in [0.1, 0.15) is 257 Å². The zero-order valence-corrected chi connectivity index (χ0v) is 38.9. The molecule has 4 unspecified atom stereocenters. The Bertz CT molecular complexity index is 1300. The molecule has 312 valence electrons. The quantitative estimate of drug-likeness (QED) is 0.117. The van der Waals surface area contributed by atoms with Gasteiger partial charge >= 0.3 is 0 Å². The van der Waals surface area contributed by atoms with Crippen molar-refractivity contribution in [2.24, 2.45) is 0 Å². The van der Waals surface area contributed by atoms with Crippen LogP contribution in [-0.2, 0) is 21.7 Å². The molecule has 2 fully saturated rings. The summed E-state index contributed by atoms with van der Waals surface area (Å²) < 4.78 is 0. The number of rotatable bonds is 22. The van der Waals surface area contributed by atoms with Crippen LogP contribution in [0.3, 0.4) is 0 Å². The molecular formula is C52H86O2S. The Labute approximate surface area is 345 Å². The van der Waals surface area contributed by atoms with E-state index >= 15 is 0 Å². The fourth-order valence-corrected chi connectivity index (χ4v) is 12.3. The number of phenols is 2. The Hall–Kier alpha value is -1.61. The van der Waals surface area contributed by atoms with E-state index in [2.05, 4.69) is 119 Å². The van der Waals surface area contributed by atoms with Gasteiger partial charge in [-0.15, -0.1) is 0 Å². The van der Waals surface area contributed by atoms with Gasteiger partial charge in [-0.3, -0.25) is 0 Å². The second-order valence-corrected chi connectivity index (χ2v) is 22.4. The molecule has 2 heterocycles. The Morgan fingerprint density at radius 3 is 0.927 bits per heavy atom. The number of fused-ring (bicyclic) bond motifs is 2. The summed E-state index contributed by atoms with van der Waals surface area (Å²) >= 11 is 2.28. The molecule has 2 N–H and O–H groups in total. The third kappa shape index (κ3) is 11.3. The van der Waals surface area contributed by atoms with Crippen molar-refractivity contribution in [3.05, 3.63) is 57.6 Å². The lowest BCUT2D eigenvalue weighted by Crippen LogP contribution is -2.35. The van der Waals surface area contributed by atoms with Crippen molar-refractivity contribution < 1.29 is 10.2 Å². The molecule has 2 aromatic rings. The summed E-state index contributed by atoms with van der Waals surface area (Å²) in [5.74, 6) is 2.20. The van der Waals surface area contributed by atoms with Gasteiger partial charge in [-0.25, -0.2) is 0 Å². The topological polar surface area (TPSA) is 40.5 Å². The second kappa shape index (κ2) is 19.9. The van der Waals surface area contributed by atoms with Gasteiger partial charge in [0, 0.05) is 32.8 Å². The van der Waals surface area contributed by atoms with E-state index in [0.29, 0.717) is 33.8 Å². The van der Waals surface area contributed by atoms with Crippen molar-refractivity contribution in [3.8, 4) is 11.5 Å². The van der Waals surface area contributed by atoms with Gasteiger partial charge in [-0.05, 0) is 96.0 Å². The summed E-state index contributed by atoms with van der Waals surface area (Å²) in [6, 6.07) is 9.85. The Morgan fingerprint density at radius 1 is 0.436 bits per heavy atom. The molecule has 2 aromatic carbocycles. The van der Waals surface area contributed by atoms with Crippen molar-refractivity contribution in [2.75, 3.05) is 0 Å². The number of benzene rings is 2. The molecule has 2 saturated heterocycles. The zero-order chi connectivity index (χ0) is 40.6. The van der Waals surface area contributed by atoms with Gasteiger partial charge in [-0.2, -0.15) is 11.8 Å². The van der Waals surface area contributed by atoms with Gasteiger partial charge in [-0.1, -0.05) is 184 Å². The standard InChI is InChI=1S/C52H86O2S/c1-13-17-21-29-49(5,6)41-33-37(34-42(47(41)53)50(7,8)30-22-18-14-2)39-25-27-46-40(26-28-45(39)55-46)38-35-43(51(9,10)31-23-19-15-3)48(54)44(36-38)52(11,12)32-24-20-16-4/h33-36,39-40,45-46,53-54H,13-32H2,1-12H3. The lowest BCUT2D eigenvalue weighted by Gasteiger charge is -2.45. The van der Waals surface area contributed by atoms with Crippen molar-refractivity contribution in [1.82, 2.24) is 0 Å². The van der Waals surface area contributed by atoms with E-state index in [4.69, 9.17) is 0 Å². The molecule has 2 aliphatic rings. The molecule has 4 atom stereocenters. The van der Waals surface area contributed by atoms with Crippen LogP contribution in [0.2, 0.25) is 0 Å². The fraction of sp³-hybridized carbons (Fsp3) is 0.769. The number of hydrogen-bond acceptors (Lipinski definition) is 3. The molecule has 55 heavy (non-hydrogen) atoms. The van der Waals surface area contributed by atoms with E-state index in [1.165, 1.54) is 136 Å². The maximum Gasteiger partial charge on any atom is 0.123 e. The molecule has 0 amide bonds. The van der Waals surface area contributed by atoms with Gasteiger partial charge in [0.25, 0.3) is 0 Å². The fourth-order valence-electron chi connectivity index (χ4n) is 10.4. The van der Waals surface area contributed by atoms with Gasteiger partial charge in [0.05, 0.1) is 0 Å². The van der Waals surface area contributed by atoms with Crippen LogP contribution < -0.4 is 0 Å². The first-order valence-electron chi connectivity index (χ1n) is 23.3. The monoisotopic (exact) mass is 775 g/mol. The van der Waals surface area contributed by atoms with Crippen LogP contribution in [0.4, 0.5) is 0 Å². The van der Waals surface area contributed by atoms with Gasteiger partial charge in [0.1, 0.15) is 11.5 Å². The highest BCUT2D eigenvalue weighted by Gasteiger charge is 2.43. The summed E-state index contributed by atoms with van der Waals surface area (Å²) in [4.78, 5) is 0. The highest BCUT2D eigenvalue weighted by molar-refractivity contribution is 8.00. The first-order chi connectivity index (χ1) is 25.9. The molecule has 2 nitrogen and oxygen atoms in total. The number of hydrogen-bond donors (Lipinski definition) is 2. The van der Waals surface area contributed by atoms with Gasteiger partial charge in [0.15, 0.2) is 0 Å². The van der Waals surface area contributed by atoms with Crippen LogP contribution in [-0.4, -0.2) is 20.7 Å². The molecule has 3 heteroatoms. The van der Waals surface area contributed by atoms with E-state index < -0.39 is 0 Å². The van der Waals surface area contributed by atoms with E-state index in [-0.39, 0.29) is 21.7 Å².